The maximum Gasteiger partial charge on any atom is 0.586 e. The van der Waals surface area contributed by atoms with E-state index < -0.39 is 6.29 Å². The van der Waals surface area contributed by atoms with Gasteiger partial charge < -0.3 is 20.5 Å². The summed E-state index contributed by atoms with van der Waals surface area (Å²) in [7, 11) is 0. The van der Waals surface area contributed by atoms with E-state index in [0.29, 0.717) is 31.6 Å². The molecular weight excluding hydrogens is 324 g/mol. The number of nitrogens with zero attached hydrogens (tertiary/aromatic N) is 1. The van der Waals surface area contributed by atoms with Crippen LogP contribution in [0.2, 0.25) is 0 Å². The molecule has 2 heterocycles. The third kappa shape index (κ3) is 3.73. The van der Waals surface area contributed by atoms with Gasteiger partial charge in [-0.05, 0) is 38.1 Å². The summed E-state index contributed by atoms with van der Waals surface area (Å²) in [6.07, 6.45) is -2.43. The summed E-state index contributed by atoms with van der Waals surface area (Å²) in [6, 6.07) is 4.05. The lowest BCUT2D eigenvalue weighted by Gasteiger charge is -2.29. The standard InChI is InChI=1S/C15H17F2N3O4/c16-15(17)23-11-2-1-10(7-12(11)24-15)19-13(21)8-20-5-3-9(4-6-20)14(18)22/h1-2,7,9H,3-6,8H2,(H2,18,22)(H,19,21). The van der Waals surface area contributed by atoms with Gasteiger partial charge in [0.25, 0.3) is 0 Å². The zero-order valence-electron chi connectivity index (χ0n) is 12.8. The summed E-state index contributed by atoms with van der Waals surface area (Å²) in [5, 5.41) is 2.63. The highest BCUT2D eigenvalue weighted by Gasteiger charge is 2.43. The van der Waals surface area contributed by atoms with Gasteiger partial charge in [-0.3, -0.25) is 14.5 Å². The summed E-state index contributed by atoms with van der Waals surface area (Å²) in [5.41, 5.74) is 5.61. The Morgan fingerprint density at radius 3 is 2.58 bits per heavy atom. The van der Waals surface area contributed by atoms with E-state index in [1.165, 1.54) is 18.2 Å². The first-order valence-corrected chi connectivity index (χ1v) is 7.54. The smallest absolute Gasteiger partial charge is 0.395 e. The number of anilines is 1. The molecule has 24 heavy (non-hydrogen) atoms. The predicted molar refractivity (Wildman–Crippen MR) is 79.6 cm³/mol. The molecule has 0 unspecified atom stereocenters. The van der Waals surface area contributed by atoms with E-state index in [4.69, 9.17) is 5.73 Å². The SMILES string of the molecule is NC(=O)C1CCN(CC(=O)Nc2ccc3c(c2)OC(F)(F)O3)CC1. The second-order valence-corrected chi connectivity index (χ2v) is 5.83. The average Bonchev–Trinajstić information content (AvgIpc) is 2.80. The Balaban J connectivity index is 1.52. The van der Waals surface area contributed by atoms with Crippen LogP contribution < -0.4 is 20.5 Å². The van der Waals surface area contributed by atoms with Crippen molar-refractivity contribution >= 4 is 17.5 Å². The van der Waals surface area contributed by atoms with Gasteiger partial charge in [0.15, 0.2) is 11.5 Å². The summed E-state index contributed by atoms with van der Waals surface area (Å²) >= 11 is 0. The molecule has 9 heteroatoms. The Morgan fingerprint density at radius 2 is 1.92 bits per heavy atom. The van der Waals surface area contributed by atoms with Gasteiger partial charge in [-0.15, -0.1) is 8.78 Å². The second kappa shape index (κ2) is 6.23. The van der Waals surface area contributed by atoms with E-state index in [9.17, 15) is 18.4 Å². The average molecular weight is 341 g/mol. The quantitative estimate of drug-likeness (QED) is 0.857. The third-order valence-electron chi connectivity index (χ3n) is 4.04. The van der Waals surface area contributed by atoms with Crippen molar-refractivity contribution in [2.45, 2.75) is 19.1 Å². The van der Waals surface area contributed by atoms with Crippen molar-refractivity contribution in [2.24, 2.45) is 11.7 Å². The fourth-order valence-corrected chi connectivity index (χ4v) is 2.81. The lowest BCUT2D eigenvalue weighted by Crippen LogP contribution is -2.42. The molecule has 0 aliphatic carbocycles. The highest BCUT2D eigenvalue weighted by molar-refractivity contribution is 5.92. The van der Waals surface area contributed by atoms with Crippen molar-refractivity contribution < 1.29 is 27.8 Å². The van der Waals surface area contributed by atoms with Crippen molar-refractivity contribution in [2.75, 3.05) is 25.0 Å². The molecule has 7 nitrogen and oxygen atoms in total. The molecule has 3 N–H and O–H groups in total. The first kappa shape index (κ1) is 16.4. The Labute approximate surface area is 136 Å². The number of halogens is 2. The molecule has 2 aliphatic rings. The molecule has 3 rings (SSSR count). The maximum absolute atomic E-state index is 13.0. The van der Waals surface area contributed by atoms with Crippen molar-refractivity contribution in [1.29, 1.82) is 0 Å². The fraction of sp³-hybridized carbons (Fsp3) is 0.467. The number of likely N-dealkylation sites (tertiary alicyclic amines) is 1. The van der Waals surface area contributed by atoms with Gasteiger partial charge in [0, 0.05) is 17.7 Å². The van der Waals surface area contributed by atoms with E-state index in [2.05, 4.69) is 14.8 Å². The lowest BCUT2D eigenvalue weighted by atomic mass is 9.96. The minimum atomic E-state index is -3.68. The summed E-state index contributed by atoms with van der Waals surface area (Å²) < 4.78 is 34.5. The Kier molecular flexibility index (Phi) is 4.27. The summed E-state index contributed by atoms with van der Waals surface area (Å²) in [4.78, 5) is 25.1. The number of benzene rings is 1. The predicted octanol–water partition coefficient (Wildman–Crippen LogP) is 1.14. The van der Waals surface area contributed by atoms with E-state index in [-0.39, 0.29) is 35.8 Å². The maximum atomic E-state index is 13.0. The van der Waals surface area contributed by atoms with Crippen LogP contribution in [0.5, 0.6) is 11.5 Å². The van der Waals surface area contributed by atoms with Crippen LogP contribution in [-0.4, -0.2) is 42.6 Å². The molecule has 2 amide bonds. The molecule has 0 bridgehead atoms. The van der Waals surface area contributed by atoms with Gasteiger partial charge in [0.05, 0.1) is 6.54 Å². The molecule has 1 fully saturated rings. The van der Waals surface area contributed by atoms with E-state index in [1.54, 1.807) is 0 Å². The van der Waals surface area contributed by atoms with Crippen molar-refractivity contribution in [3.63, 3.8) is 0 Å². The number of nitrogens with two attached hydrogens (primary N) is 1. The molecule has 1 saturated heterocycles. The van der Waals surface area contributed by atoms with Gasteiger partial charge >= 0.3 is 6.29 Å². The number of amides is 2. The topological polar surface area (TPSA) is 93.9 Å². The van der Waals surface area contributed by atoms with Crippen molar-refractivity contribution in [3.05, 3.63) is 18.2 Å². The number of nitrogens with one attached hydrogen (secondary N) is 1. The number of ether oxygens (including phenoxy) is 2. The summed E-state index contributed by atoms with van der Waals surface area (Å²) in [6.45, 7) is 1.36. The number of hydrogen-bond acceptors (Lipinski definition) is 5. The highest BCUT2D eigenvalue weighted by Crippen LogP contribution is 2.42. The zero-order chi connectivity index (χ0) is 17.3. The van der Waals surface area contributed by atoms with E-state index in [0.717, 1.165) is 0 Å². The molecule has 2 aliphatic heterocycles. The number of alkyl halides is 2. The largest absolute Gasteiger partial charge is 0.586 e. The molecule has 1 aromatic rings. The zero-order valence-corrected chi connectivity index (χ0v) is 12.8. The first-order valence-electron chi connectivity index (χ1n) is 7.54. The van der Waals surface area contributed by atoms with Crippen LogP contribution in [0.15, 0.2) is 18.2 Å². The number of carbonyl (C=O) groups is 2. The minimum Gasteiger partial charge on any atom is -0.395 e. The van der Waals surface area contributed by atoms with Gasteiger partial charge in [0.2, 0.25) is 11.8 Å². The van der Waals surface area contributed by atoms with Crippen LogP contribution in [0.25, 0.3) is 0 Å². The molecule has 0 saturated carbocycles. The minimum absolute atomic E-state index is 0.0773. The number of fused-ring (bicyclic) bond motifs is 1. The Bertz CT molecular complexity index is 660. The van der Waals surface area contributed by atoms with Crippen LogP contribution in [0.4, 0.5) is 14.5 Å². The first-order chi connectivity index (χ1) is 11.3. The van der Waals surface area contributed by atoms with Crippen LogP contribution in [0.1, 0.15) is 12.8 Å². The normalized spacial score (nSPS) is 19.9. The monoisotopic (exact) mass is 341 g/mol. The molecule has 1 aromatic carbocycles. The Morgan fingerprint density at radius 1 is 1.25 bits per heavy atom. The fourth-order valence-electron chi connectivity index (χ4n) is 2.81. The number of hydrogen-bond donors (Lipinski definition) is 2. The number of carbonyl (C=O) groups excluding carboxylic acids is 2. The van der Waals surface area contributed by atoms with Crippen LogP contribution in [0.3, 0.4) is 0 Å². The molecule has 0 atom stereocenters. The number of piperidine rings is 1. The van der Waals surface area contributed by atoms with Crippen LogP contribution >= 0.6 is 0 Å². The van der Waals surface area contributed by atoms with Gasteiger partial charge in [-0.2, -0.15) is 0 Å². The summed E-state index contributed by atoms with van der Waals surface area (Å²) in [5.74, 6) is -0.930. The molecular formula is C15H17F2N3O4. The number of primary amides is 1. The molecule has 0 spiro atoms. The third-order valence-corrected chi connectivity index (χ3v) is 4.04. The lowest BCUT2D eigenvalue weighted by molar-refractivity contribution is -0.286. The molecule has 130 valence electrons. The number of rotatable bonds is 4. The Hall–Kier alpha value is -2.42. The van der Waals surface area contributed by atoms with Gasteiger partial charge in [-0.25, -0.2) is 0 Å². The molecule has 0 radical (unpaired) electrons. The van der Waals surface area contributed by atoms with Crippen molar-refractivity contribution in [3.8, 4) is 11.5 Å². The highest BCUT2D eigenvalue weighted by atomic mass is 19.3. The van der Waals surface area contributed by atoms with E-state index >= 15 is 0 Å². The van der Waals surface area contributed by atoms with Crippen LogP contribution in [0, 0.1) is 5.92 Å². The van der Waals surface area contributed by atoms with Crippen LogP contribution in [-0.2, 0) is 9.59 Å². The van der Waals surface area contributed by atoms with Gasteiger partial charge in [-0.1, -0.05) is 0 Å². The molecule has 0 aromatic heterocycles. The van der Waals surface area contributed by atoms with Gasteiger partial charge in [0.1, 0.15) is 0 Å². The van der Waals surface area contributed by atoms with E-state index in [1.807, 2.05) is 4.90 Å². The second-order valence-electron chi connectivity index (χ2n) is 5.83. The van der Waals surface area contributed by atoms with Crippen molar-refractivity contribution in [1.82, 2.24) is 4.90 Å².